The van der Waals surface area contributed by atoms with Crippen LogP contribution in [0.25, 0.3) is 0 Å². The number of anilines is 1. The first-order chi connectivity index (χ1) is 8.66. The summed E-state index contributed by atoms with van der Waals surface area (Å²) < 4.78 is 0. The van der Waals surface area contributed by atoms with Crippen molar-refractivity contribution in [2.45, 2.75) is 32.3 Å². The standard InChI is InChI=1S/C13H13ClN2O2/c1-7-10(14)6-5-9-11(7)15-13(17)12(9)16-18-8-3-2-4-8/h5-6,8H,2-4H2,1H3,(H,15,16,17). The topological polar surface area (TPSA) is 50.7 Å². The molecule has 0 radical (unpaired) electrons. The summed E-state index contributed by atoms with van der Waals surface area (Å²) in [5.74, 6) is -0.227. The summed E-state index contributed by atoms with van der Waals surface area (Å²) in [4.78, 5) is 17.2. The maximum absolute atomic E-state index is 11.8. The monoisotopic (exact) mass is 264 g/mol. The highest BCUT2D eigenvalue weighted by molar-refractivity contribution is 6.54. The number of carbonyl (C=O) groups excluding carboxylic acids is 1. The summed E-state index contributed by atoms with van der Waals surface area (Å²) in [5.41, 5.74) is 2.71. The Kier molecular flexibility index (Phi) is 2.74. The third-order valence-electron chi connectivity index (χ3n) is 3.45. The van der Waals surface area contributed by atoms with Gasteiger partial charge in [-0.3, -0.25) is 4.79 Å². The van der Waals surface area contributed by atoms with Crippen molar-refractivity contribution in [1.82, 2.24) is 0 Å². The van der Waals surface area contributed by atoms with Crippen LogP contribution in [0.3, 0.4) is 0 Å². The Morgan fingerprint density at radius 3 is 2.89 bits per heavy atom. The van der Waals surface area contributed by atoms with Gasteiger partial charge in [-0.25, -0.2) is 0 Å². The molecule has 1 aliphatic carbocycles. The average Bonchev–Trinajstić information content (AvgIpc) is 2.60. The fraction of sp³-hybridized carbons (Fsp3) is 0.385. The molecule has 1 saturated carbocycles. The minimum Gasteiger partial charge on any atom is -0.392 e. The van der Waals surface area contributed by atoms with Crippen LogP contribution in [0.1, 0.15) is 30.4 Å². The lowest BCUT2D eigenvalue weighted by atomic mass is 9.97. The quantitative estimate of drug-likeness (QED) is 0.835. The number of fused-ring (bicyclic) bond motifs is 1. The highest BCUT2D eigenvalue weighted by Crippen LogP contribution is 2.32. The van der Waals surface area contributed by atoms with E-state index in [1.54, 1.807) is 12.1 Å². The number of amides is 1. The van der Waals surface area contributed by atoms with E-state index in [1.165, 1.54) is 6.42 Å². The molecule has 1 aromatic rings. The molecular formula is C13H13ClN2O2. The molecule has 3 rings (SSSR count). The molecule has 1 heterocycles. The zero-order valence-corrected chi connectivity index (χ0v) is 10.8. The summed E-state index contributed by atoms with van der Waals surface area (Å²) in [6, 6.07) is 3.57. The fourth-order valence-corrected chi connectivity index (χ4v) is 2.19. The highest BCUT2D eigenvalue weighted by atomic mass is 35.5. The van der Waals surface area contributed by atoms with Crippen LogP contribution in [0.2, 0.25) is 5.02 Å². The minimum absolute atomic E-state index is 0.169. The minimum atomic E-state index is -0.227. The van der Waals surface area contributed by atoms with Gasteiger partial charge in [-0.05, 0) is 43.9 Å². The highest BCUT2D eigenvalue weighted by Gasteiger charge is 2.29. The molecule has 4 nitrogen and oxygen atoms in total. The third kappa shape index (κ3) is 1.77. The number of hydrogen-bond donors (Lipinski definition) is 1. The van der Waals surface area contributed by atoms with Crippen LogP contribution in [-0.2, 0) is 9.63 Å². The summed E-state index contributed by atoms with van der Waals surface area (Å²) in [6.07, 6.45) is 3.38. The number of nitrogens with one attached hydrogen (secondary N) is 1. The molecule has 0 atom stereocenters. The number of halogens is 1. The Bertz CT molecular complexity index is 550. The number of nitrogens with zero attached hydrogens (tertiary/aromatic N) is 1. The van der Waals surface area contributed by atoms with Gasteiger partial charge in [0, 0.05) is 10.6 Å². The van der Waals surface area contributed by atoms with Crippen LogP contribution < -0.4 is 5.32 Å². The maximum Gasteiger partial charge on any atom is 0.278 e. The van der Waals surface area contributed by atoms with Gasteiger partial charge >= 0.3 is 0 Å². The first-order valence-corrected chi connectivity index (χ1v) is 6.39. The summed E-state index contributed by atoms with van der Waals surface area (Å²) >= 11 is 6.02. The molecule has 18 heavy (non-hydrogen) atoms. The predicted octanol–water partition coefficient (Wildman–Crippen LogP) is 2.87. The van der Waals surface area contributed by atoms with E-state index >= 15 is 0 Å². The molecule has 0 bridgehead atoms. The second kappa shape index (κ2) is 4.28. The van der Waals surface area contributed by atoms with Gasteiger partial charge in [-0.2, -0.15) is 0 Å². The van der Waals surface area contributed by atoms with Crippen LogP contribution in [0.15, 0.2) is 17.3 Å². The van der Waals surface area contributed by atoms with Gasteiger partial charge in [0.2, 0.25) is 0 Å². The van der Waals surface area contributed by atoms with E-state index in [0.29, 0.717) is 10.7 Å². The van der Waals surface area contributed by atoms with Crippen molar-refractivity contribution >= 4 is 28.9 Å². The second-order valence-corrected chi connectivity index (χ2v) is 5.05. The number of carbonyl (C=O) groups is 1. The maximum atomic E-state index is 11.8. The zero-order valence-electron chi connectivity index (χ0n) is 10.00. The lowest BCUT2D eigenvalue weighted by molar-refractivity contribution is -0.110. The molecule has 1 aromatic carbocycles. The van der Waals surface area contributed by atoms with Gasteiger partial charge in [0.25, 0.3) is 5.91 Å². The Labute approximate surface area is 110 Å². The predicted molar refractivity (Wildman–Crippen MR) is 70.1 cm³/mol. The van der Waals surface area contributed by atoms with Gasteiger partial charge in [0.1, 0.15) is 6.10 Å². The zero-order chi connectivity index (χ0) is 12.7. The van der Waals surface area contributed by atoms with Crippen LogP contribution in [0, 0.1) is 6.92 Å². The molecular weight excluding hydrogens is 252 g/mol. The molecule has 0 saturated heterocycles. The summed E-state index contributed by atoms with van der Waals surface area (Å²) in [7, 11) is 0. The van der Waals surface area contributed by atoms with E-state index in [0.717, 1.165) is 29.7 Å². The second-order valence-electron chi connectivity index (χ2n) is 4.65. The van der Waals surface area contributed by atoms with Gasteiger partial charge in [-0.1, -0.05) is 16.8 Å². The molecule has 0 unspecified atom stereocenters. The van der Waals surface area contributed by atoms with Crippen molar-refractivity contribution in [3.05, 3.63) is 28.3 Å². The van der Waals surface area contributed by atoms with Gasteiger partial charge in [0.05, 0.1) is 5.69 Å². The number of rotatable bonds is 2. The van der Waals surface area contributed by atoms with Gasteiger partial charge in [-0.15, -0.1) is 0 Å². The lowest BCUT2D eigenvalue weighted by Crippen LogP contribution is -2.21. The van der Waals surface area contributed by atoms with Crippen molar-refractivity contribution in [3.8, 4) is 0 Å². The Hall–Kier alpha value is -1.55. The van der Waals surface area contributed by atoms with Crippen molar-refractivity contribution in [2.75, 3.05) is 5.32 Å². The van der Waals surface area contributed by atoms with E-state index in [-0.39, 0.29) is 12.0 Å². The van der Waals surface area contributed by atoms with Crippen LogP contribution in [0.4, 0.5) is 5.69 Å². The molecule has 1 N–H and O–H groups in total. The number of hydrogen-bond acceptors (Lipinski definition) is 3. The third-order valence-corrected chi connectivity index (χ3v) is 3.86. The van der Waals surface area contributed by atoms with E-state index in [2.05, 4.69) is 10.5 Å². The lowest BCUT2D eigenvalue weighted by Gasteiger charge is -2.22. The molecule has 2 aliphatic rings. The molecule has 94 valence electrons. The summed E-state index contributed by atoms with van der Waals surface area (Å²) in [5, 5.41) is 7.42. The van der Waals surface area contributed by atoms with Crippen molar-refractivity contribution < 1.29 is 9.63 Å². The molecule has 1 amide bonds. The van der Waals surface area contributed by atoms with Crippen LogP contribution in [0.5, 0.6) is 0 Å². The normalized spacial score (nSPS) is 20.6. The van der Waals surface area contributed by atoms with E-state index < -0.39 is 0 Å². The van der Waals surface area contributed by atoms with Crippen molar-refractivity contribution in [3.63, 3.8) is 0 Å². The molecule has 0 aromatic heterocycles. The summed E-state index contributed by atoms with van der Waals surface area (Å²) in [6.45, 7) is 1.87. The first-order valence-electron chi connectivity index (χ1n) is 6.01. The fourth-order valence-electron chi connectivity index (χ4n) is 2.03. The van der Waals surface area contributed by atoms with Crippen LogP contribution >= 0.6 is 11.6 Å². The molecule has 0 spiro atoms. The largest absolute Gasteiger partial charge is 0.392 e. The first kappa shape index (κ1) is 11.5. The van der Waals surface area contributed by atoms with Crippen molar-refractivity contribution in [1.29, 1.82) is 0 Å². The van der Waals surface area contributed by atoms with Crippen molar-refractivity contribution in [2.24, 2.45) is 5.16 Å². The molecule has 5 heteroatoms. The van der Waals surface area contributed by atoms with E-state index in [1.807, 2.05) is 6.92 Å². The van der Waals surface area contributed by atoms with E-state index in [4.69, 9.17) is 16.4 Å². The average molecular weight is 265 g/mol. The number of benzene rings is 1. The molecule has 1 aliphatic heterocycles. The Balaban J connectivity index is 1.93. The van der Waals surface area contributed by atoms with Gasteiger partial charge < -0.3 is 10.2 Å². The Morgan fingerprint density at radius 1 is 1.44 bits per heavy atom. The van der Waals surface area contributed by atoms with Gasteiger partial charge in [0.15, 0.2) is 5.71 Å². The smallest absolute Gasteiger partial charge is 0.278 e. The Morgan fingerprint density at radius 2 is 2.22 bits per heavy atom. The number of oxime groups is 1. The van der Waals surface area contributed by atoms with E-state index in [9.17, 15) is 4.79 Å². The molecule has 1 fully saturated rings. The SMILES string of the molecule is Cc1c(Cl)ccc2c1NC(=O)/C2=N\OC1CCC1. The van der Waals surface area contributed by atoms with Crippen LogP contribution in [-0.4, -0.2) is 17.7 Å².